The van der Waals surface area contributed by atoms with Crippen molar-refractivity contribution in [3.63, 3.8) is 0 Å². The fourth-order valence-electron chi connectivity index (χ4n) is 3.88. The number of pyridine rings is 1. The topological polar surface area (TPSA) is 80.5 Å². The van der Waals surface area contributed by atoms with Crippen molar-refractivity contribution in [3.05, 3.63) is 48.0 Å². The molecule has 1 aliphatic rings. The van der Waals surface area contributed by atoms with Gasteiger partial charge in [-0.05, 0) is 69.0 Å². The van der Waals surface area contributed by atoms with Crippen LogP contribution in [0.25, 0.3) is 5.65 Å². The SMILES string of the molecule is CCOC(=O)C1CCC(Nc2cccc3nc(Nc4ccc(C(F)(F)F)cc4)nn23)CC1. The number of anilines is 3. The summed E-state index contributed by atoms with van der Waals surface area (Å²) >= 11 is 0. The molecule has 0 atom stereocenters. The van der Waals surface area contributed by atoms with Gasteiger partial charge in [-0.1, -0.05) is 6.07 Å². The summed E-state index contributed by atoms with van der Waals surface area (Å²) in [6, 6.07) is 10.5. The maximum atomic E-state index is 12.7. The number of ether oxygens (including phenoxy) is 1. The third kappa shape index (κ3) is 4.95. The molecule has 10 heteroatoms. The molecule has 3 aromatic rings. The number of hydrogen-bond acceptors (Lipinski definition) is 6. The highest BCUT2D eigenvalue weighted by Crippen LogP contribution is 2.31. The Morgan fingerprint density at radius 3 is 2.50 bits per heavy atom. The van der Waals surface area contributed by atoms with E-state index in [0.29, 0.717) is 17.9 Å². The van der Waals surface area contributed by atoms with Crippen LogP contribution in [0, 0.1) is 5.92 Å². The first-order valence-corrected chi connectivity index (χ1v) is 10.6. The minimum absolute atomic E-state index is 0.0466. The molecule has 7 nitrogen and oxygen atoms in total. The Morgan fingerprint density at radius 1 is 1.12 bits per heavy atom. The summed E-state index contributed by atoms with van der Waals surface area (Å²) < 4.78 is 45.0. The Balaban J connectivity index is 1.43. The van der Waals surface area contributed by atoms with Crippen molar-refractivity contribution in [1.29, 1.82) is 0 Å². The minimum Gasteiger partial charge on any atom is -0.466 e. The number of nitrogens with zero attached hydrogens (tertiary/aromatic N) is 3. The molecule has 170 valence electrons. The number of esters is 1. The number of nitrogens with one attached hydrogen (secondary N) is 2. The molecule has 0 saturated heterocycles. The monoisotopic (exact) mass is 447 g/mol. The van der Waals surface area contributed by atoms with Gasteiger partial charge in [0.25, 0.3) is 0 Å². The van der Waals surface area contributed by atoms with Gasteiger partial charge in [-0.3, -0.25) is 4.79 Å². The van der Waals surface area contributed by atoms with Gasteiger partial charge in [-0.15, -0.1) is 5.10 Å². The molecule has 1 aliphatic carbocycles. The molecule has 0 amide bonds. The standard InChI is InChI=1S/C22H24F3N5O2/c1-2-32-20(31)14-6-10-16(11-7-14)26-18-4-3-5-19-28-21(29-30(18)19)27-17-12-8-15(9-13-17)22(23,24)25/h3-5,8-9,12-14,16,26H,2,6-7,10-11H2,1H3,(H,27,29). The highest BCUT2D eigenvalue weighted by atomic mass is 19.4. The van der Waals surface area contributed by atoms with E-state index in [1.54, 1.807) is 10.6 Å². The van der Waals surface area contributed by atoms with Crippen molar-refractivity contribution in [2.45, 2.75) is 44.8 Å². The summed E-state index contributed by atoms with van der Waals surface area (Å²) in [4.78, 5) is 16.3. The molecule has 0 radical (unpaired) electrons. The van der Waals surface area contributed by atoms with Crippen LogP contribution in [0.1, 0.15) is 38.2 Å². The van der Waals surface area contributed by atoms with E-state index in [1.807, 2.05) is 19.1 Å². The molecule has 4 rings (SSSR count). The highest BCUT2D eigenvalue weighted by molar-refractivity contribution is 5.72. The van der Waals surface area contributed by atoms with Crippen LogP contribution >= 0.6 is 0 Å². The lowest BCUT2D eigenvalue weighted by atomic mass is 9.86. The number of carbonyl (C=O) groups is 1. The Kier molecular flexibility index (Phi) is 6.20. The van der Waals surface area contributed by atoms with E-state index >= 15 is 0 Å². The second-order valence-corrected chi connectivity index (χ2v) is 7.76. The van der Waals surface area contributed by atoms with Gasteiger partial charge in [0.1, 0.15) is 5.82 Å². The molecule has 0 spiro atoms. The van der Waals surface area contributed by atoms with Gasteiger partial charge in [0.15, 0.2) is 5.65 Å². The maximum absolute atomic E-state index is 12.7. The van der Waals surface area contributed by atoms with Gasteiger partial charge < -0.3 is 15.4 Å². The summed E-state index contributed by atoms with van der Waals surface area (Å²) in [5, 5.41) is 10.9. The minimum atomic E-state index is -4.38. The molecule has 32 heavy (non-hydrogen) atoms. The average molecular weight is 447 g/mol. The summed E-state index contributed by atoms with van der Waals surface area (Å²) in [6.07, 6.45) is -1.17. The third-order valence-corrected chi connectivity index (χ3v) is 5.53. The van der Waals surface area contributed by atoms with Crippen molar-refractivity contribution in [2.24, 2.45) is 5.92 Å². The van der Waals surface area contributed by atoms with E-state index < -0.39 is 11.7 Å². The van der Waals surface area contributed by atoms with E-state index in [4.69, 9.17) is 4.74 Å². The van der Waals surface area contributed by atoms with Crippen molar-refractivity contribution >= 4 is 29.1 Å². The molecule has 0 unspecified atom stereocenters. The first-order chi connectivity index (χ1) is 15.3. The molecule has 0 bridgehead atoms. The van der Waals surface area contributed by atoms with Gasteiger partial charge in [-0.2, -0.15) is 22.7 Å². The van der Waals surface area contributed by atoms with Crippen molar-refractivity contribution in [2.75, 3.05) is 17.2 Å². The summed E-state index contributed by atoms with van der Waals surface area (Å²) in [5.74, 6) is 0.873. The zero-order valence-electron chi connectivity index (χ0n) is 17.5. The molecular formula is C22H24F3N5O2. The first kappa shape index (κ1) is 21.9. The zero-order chi connectivity index (χ0) is 22.7. The summed E-state index contributed by atoms with van der Waals surface area (Å²) in [6.45, 7) is 2.21. The number of rotatable bonds is 6. The third-order valence-electron chi connectivity index (χ3n) is 5.53. The van der Waals surface area contributed by atoms with Crippen LogP contribution in [-0.4, -0.2) is 33.2 Å². The summed E-state index contributed by atoms with van der Waals surface area (Å²) in [5.41, 5.74) is 0.348. The Hall–Kier alpha value is -3.30. The van der Waals surface area contributed by atoms with Crippen LogP contribution in [-0.2, 0) is 15.7 Å². The lowest BCUT2D eigenvalue weighted by Crippen LogP contribution is -2.30. The van der Waals surface area contributed by atoms with Gasteiger partial charge in [-0.25, -0.2) is 0 Å². The van der Waals surface area contributed by atoms with Crippen molar-refractivity contribution in [3.8, 4) is 0 Å². The van der Waals surface area contributed by atoms with Crippen LogP contribution in [0.4, 0.5) is 30.6 Å². The molecule has 1 aromatic carbocycles. The number of carbonyl (C=O) groups excluding carboxylic acids is 1. The van der Waals surface area contributed by atoms with E-state index in [0.717, 1.165) is 43.6 Å². The molecule has 2 heterocycles. The molecule has 2 aromatic heterocycles. The lowest BCUT2D eigenvalue weighted by Gasteiger charge is -2.28. The fourth-order valence-corrected chi connectivity index (χ4v) is 3.88. The van der Waals surface area contributed by atoms with E-state index in [9.17, 15) is 18.0 Å². The Labute approximate surface area is 183 Å². The Bertz CT molecular complexity index is 1070. The predicted molar refractivity (Wildman–Crippen MR) is 114 cm³/mol. The van der Waals surface area contributed by atoms with E-state index in [-0.39, 0.29) is 23.9 Å². The fraction of sp³-hybridized carbons (Fsp3) is 0.409. The van der Waals surface area contributed by atoms with E-state index in [1.165, 1.54) is 12.1 Å². The zero-order valence-corrected chi connectivity index (χ0v) is 17.5. The van der Waals surface area contributed by atoms with Crippen LogP contribution in [0.5, 0.6) is 0 Å². The average Bonchev–Trinajstić information content (AvgIpc) is 3.18. The molecule has 1 fully saturated rings. The number of aromatic nitrogens is 3. The smallest absolute Gasteiger partial charge is 0.416 e. The van der Waals surface area contributed by atoms with Gasteiger partial charge in [0, 0.05) is 11.7 Å². The number of hydrogen-bond donors (Lipinski definition) is 2. The van der Waals surface area contributed by atoms with Crippen LogP contribution in [0.15, 0.2) is 42.5 Å². The molecule has 1 saturated carbocycles. The predicted octanol–water partition coefficient (Wildman–Crippen LogP) is 5.03. The number of alkyl halides is 3. The van der Waals surface area contributed by atoms with Gasteiger partial charge >= 0.3 is 12.1 Å². The van der Waals surface area contributed by atoms with Crippen LogP contribution in [0.2, 0.25) is 0 Å². The number of benzene rings is 1. The normalized spacial score (nSPS) is 19.0. The summed E-state index contributed by atoms with van der Waals surface area (Å²) in [7, 11) is 0. The van der Waals surface area contributed by atoms with Crippen molar-refractivity contribution in [1.82, 2.24) is 14.6 Å². The highest BCUT2D eigenvalue weighted by Gasteiger charge is 2.30. The van der Waals surface area contributed by atoms with Gasteiger partial charge in [0.05, 0.1) is 18.1 Å². The number of fused-ring (bicyclic) bond motifs is 1. The van der Waals surface area contributed by atoms with Gasteiger partial charge in [0.2, 0.25) is 5.95 Å². The second kappa shape index (κ2) is 9.05. The molecule has 0 aliphatic heterocycles. The van der Waals surface area contributed by atoms with Crippen LogP contribution < -0.4 is 10.6 Å². The maximum Gasteiger partial charge on any atom is 0.416 e. The quantitative estimate of drug-likeness (QED) is 0.516. The lowest BCUT2D eigenvalue weighted by molar-refractivity contribution is -0.149. The molecular weight excluding hydrogens is 423 g/mol. The Morgan fingerprint density at radius 2 is 1.84 bits per heavy atom. The number of halogens is 3. The molecule has 2 N–H and O–H groups in total. The van der Waals surface area contributed by atoms with Crippen molar-refractivity contribution < 1.29 is 22.7 Å². The first-order valence-electron chi connectivity index (χ1n) is 10.6. The van der Waals surface area contributed by atoms with E-state index in [2.05, 4.69) is 20.7 Å². The van der Waals surface area contributed by atoms with Crippen LogP contribution in [0.3, 0.4) is 0 Å². The second-order valence-electron chi connectivity index (χ2n) is 7.76. The largest absolute Gasteiger partial charge is 0.466 e.